The van der Waals surface area contributed by atoms with Gasteiger partial charge in [-0.05, 0) is 33.6 Å². The molecule has 0 radical (unpaired) electrons. The molecule has 102 valence electrons. The van der Waals surface area contributed by atoms with E-state index in [2.05, 4.69) is 15.9 Å². The van der Waals surface area contributed by atoms with E-state index in [0.717, 1.165) is 0 Å². The molecule has 0 saturated heterocycles. The summed E-state index contributed by atoms with van der Waals surface area (Å²) in [5, 5.41) is 0.679. The number of ether oxygens (including phenoxy) is 1. The first-order chi connectivity index (χ1) is 7.66. The van der Waals surface area contributed by atoms with Crippen molar-refractivity contribution in [3.8, 4) is 0 Å². The van der Waals surface area contributed by atoms with Gasteiger partial charge < -0.3 is 4.74 Å². The Labute approximate surface area is 112 Å². The first-order valence-electron chi connectivity index (χ1n) is 5.64. The molecule has 0 saturated carbocycles. The van der Waals surface area contributed by atoms with E-state index in [1.165, 1.54) is 0 Å². The lowest BCUT2D eigenvalue weighted by molar-refractivity contribution is -0.154. The Morgan fingerprint density at radius 3 is 2.18 bits per heavy atom. The Bertz CT molecular complexity index is 330. The van der Waals surface area contributed by atoms with Gasteiger partial charge in [0.25, 0.3) is 0 Å². The second kappa shape index (κ2) is 7.36. The van der Waals surface area contributed by atoms with Crippen LogP contribution in [-0.2, 0) is 19.4 Å². The molecule has 0 rings (SSSR count). The molecule has 0 aromatic rings. The summed E-state index contributed by atoms with van der Waals surface area (Å²) in [6.07, 6.45) is 1.10. The summed E-state index contributed by atoms with van der Waals surface area (Å²) >= 11 is 3.19. The Kier molecular flexibility index (Phi) is 7.32. The van der Waals surface area contributed by atoms with Crippen molar-refractivity contribution >= 4 is 31.7 Å². The van der Waals surface area contributed by atoms with Crippen LogP contribution in [0, 0.1) is 0 Å². The average Bonchev–Trinajstić information content (AvgIpc) is 2.11. The molecule has 0 aromatic carbocycles. The van der Waals surface area contributed by atoms with E-state index in [4.69, 9.17) is 4.74 Å². The van der Waals surface area contributed by atoms with Crippen molar-refractivity contribution in [2.24, 2.45) is 0 Å². The van der Waals surface area contributed by atoms with Crippen LogP contribution in [0.1, 0.15) is 40.0 Å². The molecule has 0 aromatic heterocycles. The number of hydrogen-bond acceptors (Lipinski definition) is 4. The zero-order chi connectivity index (χ0) is 13.5. The Hall–Kier alpha value is -0.100. The number of halogens is 1. The number of carbonyl (C=O) groups excluding carboxylic acids is 1. The second-order valence-electron chi connectivity index (χ2n) is 4.88. The molecule has 4 nitrogen and oxygen atoms in total. The number of hydrogen-bond donors (Lipinski definition) is 0. The third-order valence-electron chi connectivity index (χ3n) is 1.85. The first-order valence-corrected chi connectivity index (χ1v) is 8.59. The van der Waals surface area contributed by atoms with Gasteiger partial charge in [0.05, 0.1) is 11.5 Å². The largest absolute Gasteiger partial charge is 0.460 e. The number of carbonyl (C=O) groups is 1. The van der Waals surface area contributed by atoms with Crippen molar-refractivity contribution in [3.05, 3.63) is 0 Å². The van der Waals surface area contributed by atoms with Crippen LogP contribution in [0.4, 0.5) is 0 Å². The summed E-state index contributed by atoms with van der Waals surface area (Å²) in [7, 11) is -3.02. The molecule has 0 unspecified atom stereocenters. The van der Waals surface area contributed by atoms with Crippen LogP contribution in [0.2, 0.25) is 0 Å². The van der Waals surface area contributed by atoms with Gasteiger partial charge in [0, 0.05) is 11.8 Å². The molecule has 0 spiro atoms. The van der Waals surface area contributed by atoms with Gasteiger partial charge in [0.15, 0.2) is 0 Å². The third-order valence-corrected chi connectivity index (χ3v) is 4.23. The molecular weight excluding hydrogens is 308 g/mol. The van der Waals surface area contributed by atoms with Crippen LogP contribution in [0.15, 0.2) is 0 Å². The molecule has 6 heteroatoms. The maximum absolute atomic E-state index is 11.5. The minimum absolute atomic E-state index is 0.0548. The maximum Gasteiger partial charge on any atom is 0.306 e. The van der Waals surface area contributed by atoms with E-state index >= 15 is 0 Å². The molecule has 17 heavy (non-hydrogen) atoms. The van der Waals surface area contributed by atoms with Crippen LogP contribution in [0.25, 0.3) is 0 Å². The van der Waals surface area contributed by atoms with Crippen LogP contribution in [0.3, 0.4) is 0 Å². The van der Waals surface area contributed by atoms with Gasteiger partial charge in [-0.3, -0.25) is 4.79 Å². The van der Waals surface area contributed by atoms with Gasteiger partial charge in [-0.15, -0.1) is 0 Å². The Morgan fingerprint density at radius 1 is 1.18 bits per heavy atom. The van der Waals surface area contributed by atoms with Crippen molar-refractivity contribution in [3.63, 3.8) is 0 Å². The van der Waals surface area contributed by atoms with Crippen LogP contribution in [0.5, 0.6) is 0 Å². The number of sulfone groups is 1. The molecule has 0 N–H and O–H groups in total. The van der Waals surface area contributed by atoms with Gasteiger partial charge in [-0.25, -0.2) is 8.42 Å². The lowest BCUT2D eigenvalue weighted by atomic mass is 10.2. The molecular formula is C11H21BrO4S. The third kappa shape index (κ3) is 10.8. The summed E-state index contributed by atoms with van der Waals surface area (Å²) in [5.74, 6) is -0.112. The molecule has 0 atom stereocenters. The molecule has 0 aliphatic heterocycles. The smallest absolute Gasteiger partial charge is 0.306 e. The SMILES string of the molecule is CC(C)(C)OC(=O)CCCS(=O)(=O)CCCBr. The monoisotopic (exact) mass is 328 g/mol. The quantitative estimate of drug-likeness (QED) is 0.531. The highest BCUT2D eigenvalue weighted by molar-refractivity contribution is 9.09. The van der Waals surface area contributed by atoms with E-state index in [0.29, 0.717) is 18.2 Å². The predicted molar refractivity (Wildman–Crippen MR) is 72.1 cm³/mol. The second-order valence-corrected chi connectivity index (χ2v) is 7.98. The van der Waals surface area contributed by atoms with Gasteiger partial charge >= 0.3 is 5.97 Å². The highest BCUT2D eigenvalue weighted by Gasteiger charge is 2.17. The van der Waals surface area contributed by atoms with E-state index in [9.17, 15) is 13.2 Å². The Morgan fingerprint density at radius 2 is 1.71 bits per heavy atom. The maximum atomic E-state index is 11.5. The molecule has 0 bridgehead atoms. The molecule has 0 aliphatic carbocycles. The molecule has 0 fully saturated rings. The minimum Gasteiger partial charge on any atom is -0.460 e. The van der Waals surface area contributed by atoms with Crippen molar-refractivity contribution in [1.82, 2.24) is 0 Å². The molecule has 0 amide bonds. The highest BCUT2D eigenvalue weighted by atomic mass is 79.9. The average molecular weight is 329 g/mol. The zero-order valence-electron chi connectivity index (χ0n) is 10.7. The van der Waals surface area contributed by atoms with Gasteiger partial charge in [-0.1, -0.05) is 15.9 Å². The van der Waals surface area contributed by atoms with Crippen molar-refractivity contribution in [2.45, 2.75) is 45.6 Å². The van der Waals surface area contributed by atoms with E-state index in [1.807, 2.05) is 0 Å². The van der Waals surface area contributed by atoms with E-state index in [1.54, 1.807) is 20.8 Å². The van der Waals surface area contributed by atoms with Crippen LogP contribution < -0.4 is 0 Å². The number of alkyl halides is 1. The summed E-state index contributed by atoms with van der Waals surface area (Å²) in [6.45, 7) is 5.37. The van der Waals surface area contributed by atoms with Crippen molar-refractivity contribution in [1.29, 1.82) is 0 Å². The van der Waals surface area contributed by atoms with Gasteiger partial charge in [0.1, 0.15) is 15.4 Å². The summed E-state index contributed by atoms with van der Waals surface area (Å²) < 4.78 is 28.1. The Balaban J connectivity index is 3.88. The summed E-state index contributed by atoms with van der Waals surface area (Å²) in [6, 6.07) is 0. The zero-order valence-corrected chi connectivity index (χ0v) is 13.1. The van der Waals surface area contributed by atoms with Gasteiger partial charge in [0.2, 0.25) is 0 Å². The topological polar surface area (TPSA) is 60.4 Å². The normalized spacial score (nSPS) is 12.5. The van der Waals surface area contributed by atoms with E-state index in [-0.39, 0.29) is 23.9 Å². The summed E-state index contributed by atoms with van der Waals surface area (Å²) in [4.78, 5) is 11.3. The predicted octanol–water partition coefficient (Wildman–Crippen LogP) is 2.31. The van der Waals surface area contributed by atoms with Crippen LogP contribution in [-0.4, -0.2) is 36.8 Å². The highest BCUT2D eigenvalue weighted by Crippen LogP contribution is 2.10. The first kappa shape index (κ1) is 16.9. The lowest BCUT2D eigenvalue weighted by Crippen LogP contribution is -2.24. The minimum atomic E-state index is -3.02. The fraction of sp³-hybridized carbons (Fsp3) is 0.909. The number of esters is 1. The molecule has 0 aliphatic rings. The fourth-order valence-corrected chi connectivity index (χ4v) is 3.23. The molecule has 0 heterocycles. The summed E-state index contributed by atoms with van der Waals surface area (Å²) in [5.41, 5.74) is -0.508. The lowest BCUT2D eigenvalue weighted by Gasteiger charge is -2.19. The number of rotatable bonds is 7. The van der Waals surface area contributed by atoms with Crippen molar-refractivity contribution < 1.29 is 17.9 Å². The van der Waals surface area contributed by atoms with Crippen molar-refractivity contribution in [2.75, 3.05) is 16.8 Å². The van der Waals surface area contributed by atoms with Crippen LogP contribution >= 0.6 is 15.9 Å². The van der Waals surface area contributed by atoms with Gasteiger partial charge in [-0.2, -0.15) is 0 Å². The standard InChI is InChI=1S/C11H21BrO4S/c1-11(2,3)16-10(13)6-4-8-17(14,15)9-5-7-12/h4-9H2,1-3H3. The fourth-order valence-electron chi connectivity index (χ4n) is 1.21. The van der Waals surface area contributed by atoms with E-state index < -0.39 is 15.4 Å².